The highest BCUT2D eigenvalue weighted by molar-refractivity contribution is 5.73. The Labute approximate surface area is 158 Å². The Morgan fingerprint density at radius 1 is 1.08 bits per heavy atom. The summed E-state index contributed by atoms with van der Waals surface area (Å²) in [5.41, 5.74) is -0.598. The Morgan fingerprint density at radius 3 is 2.50 bits per heavy atom. The highest BCUT2D eigenvalue weighted by Crippen LogP contribution is 2.68. The largest absolute Gasteiger partial charge is 0.377 e. The molecule has 2 N–H and O–H groups in total. The number of carbonyl (C=O) groups excluding carboxylic acids is 1. The van der Waals surface area contributed by atoms with Gasteiger partial charge in [0.1, 0.15) is 5.60 Å². The van der Waals surface area contributed by atoms with Crippen LogP contribution in [0.3, 0.4) is 0 Å². The number of amides is 1. The van der Waals surface area contributed by atoms with Crippen molar-refractivity contribution in [3.8, 4) is 12.3 Å². The number of rotatable bonds is 1. The molecule has 26 heavy (non-hydrogen) atoms. The van der Waals surface area contributed by atoms with Gasteiger partial charge in [-0.1, -0.05) is 19.8 Å². The lowest BCUT2D eigenvalue weighted by Gasteiger charge is -2.61. The van der Waals surface area contributed by atoms with Gasteiger partial charge in [0.15, 0.2) is 0 Å². The highest BCUT2D eigenvalue weighted by Gasteiger charge is 2.64. The molecule has 0 aromatic rings. The molecule has 4 fully saturated rings. The second kappa shape index (κ2) is 5.99. The summed E-state index contributed by atoms with van der Waals surface area (Å²) < 4.78 is 0. The molecule has 0 saturated heterocycles. The Morgan fingerprint density at radius 2 is 1.81 bits per heavy atom. The number of hydrogen-bond acceptors (Lipinski definition) is 2. The Balaban J connectivity index is 1.56. The molecule has 4 rings (SSSR count). The molecule has 0 aromatic heterocycles. The number of carbonyl (C=O) groups is 1. The third kappa shape index (κ3) is 2.40. The number of nitrogens with one attached hydrogen (secondary N) is 1. The molecule has 4 aliphatic carbocycles. The molecular weight excluding hydrogens is 322 g/mol. The second-order valence-electron chi connectivity index (χ2n) is 10.3. The maximum Gasteiger partial charge on any atom is 0.217 e. The van der Waals surface area contributed by atoms with Crippen molar-refractivity contribution in [1.29, 1.82) is 0 Å². The quantitative estimate of drug-likeness (QED) is 0.699. The monoisotopic (exact) mass is 357 g/mol. The van der Waals surface area contributed by atoms with Gasteiger partial charge in [-0.25, -0.2) is 0 Å². The standard InChI is InChI=1S/C23H35NO2/c1-5-23(26)13-10-20-18-7-6-16-14-17(24-15(2)25)8-11-21(16,3)19(18)9-12-22(20,23)4/h1,16-20,26H,6-14H2,2-4H3,(H,24,25)/t16-,17+,18-,19+,20+,21+,22+,23-/m1/s1. The molecule has 0 aliphatic heterocycles. The zero-order chi connectivity index (χ0) is 18.7. The van der Waals surface area contributed by atoms with E-state index in [0.717, 1.165) is 49.9 Å². The molecule has 0 aromatic carbocycles. The van der Waals surface area contributed by atoms with Gasteiger partial charge < -0.3 is 10.4 Å². The summed E-state index contributed by atoms with van der Waals surface area (Å²) in [6.07, 6.45) is 16.0. The zero-order valence-electron chi connectivity index (χ0n) is 16.7. The van der Waals surface area contributed by atoms with Gasteiger partial charge in [0.2, 0.25) is 5.91 Å². The first-order chi connectivity index (χ1) is 12.2. The van der Waals surface area contributed by atoms with E-state index in [0.29, 0.717) is 17.4 Å². The number of hydrogen-bond donors (Lipinski definition) is 2. The van der Waals surface area contributed by atoms with Gasteiger partial charge in [-0.05, 0) is 86.9 Å². The van der Waals surface area contributed by atoms with Gasteiger partial charge in [0, 0.05) is 18.4 Å². The number of fused-ring (bicyclic) bond motifs is 5. The summed E-state index contributed by atoms with van der Waals surface area (Å²) in [6, 6.07) is 0.369. The molecule has 0 spiro atoms. The van der Waals surface area contributed by atoms with Crippen molar-refractivity contribution >= 4 is 5.91 Å². The van der Waals surface area contributed by atoms with Crippen LogP contribution in [-0.4, -0.2) is 22.7 Å². The Hall–Kier alpha value is -1.01. The van der Waals surface area contributed by atoms with Crippen LogP contribution in [0.2, 0.25) is 0 Å². The molecule has 0 bridgehead atoms. The fourth-order valence-corrected chi connectivity index (χ4v) is 7.93. The number of aliphatic hydroxyl groups is 1. The van der Waals surface area contributed by atoms with Crippen molar-refractivity contribution in [2.24, 2.45) is 34.5 Å². The summed E-state index contributed by atoms with van der Waals surface area (Å²) in [7, 11) is 0. The molecule has 1 amide bonds. The van der Waals surface area contributed by atoms with Crippen LogP contribution in [0.15, 0.2) is 0 Å². The van der Waals surface area contributed by atoms with E-state index in [1.54, 1.807) is 6.92 Å². The molecular formula is C23H35NO2. The van der Waals surface area contributed by atoms with E-state index in [2.05, 4.69) is 25.1 Å². The normalized spacial score (nSPS) is 53.0. The second-order valence-corrected chi connectivity index (χ2v) is 10.3. The summed E-state index contributed by atoms with van der Waals surface area (Å²) >= 11 is 0. The molecule has 3 heteroatoms. The SMILES string of the molecule is C#C[C@@]1(O)CC[C@H]2[C@@H]3CC[C@@H]4C[C@@H](NC(C)=O)CC[C@]4(C)[C@H]3CC[C@@]21C. The topological polar surface area (TPSA) is 49.3 Å². The Kier molecular flexibility index (Phi) is 4.23. The summed E-state index contributed by atoms with van der Waals surface area (Å²) in [5.74, 6) is 5.68. The van der Waals surface area contributed by atoms with Gasteiger partial charge in [-0.15, -0.1) is 6.42 Å². The van der Waals surface area contributed by atoms with Crippen LogP contribution in [0.1, 0.15) is 78.6 Å². The minimum absolute atomic E-state index is 0.0977. The average Bonchev–Trinajstić information content (AvgIpc) is 2.87. The lowest BCUT2D eigenvalue weighted by atomic mass is 9.44. The maximum absolute atomic E-state index is 11.5. The van der Waals surface area contributed by atoms with E-state index in [4.69, 9.17) is 6.42 Å². The van der Waals surface area contributed by atoms with Crippen molar-refractivity contribution in [3.05, 3.63) is 0 Å². The average molecular weight is 358 g/mol. The van der Waals surface area contributed by atoms with Crippen molar-refractivity contribution in [2.45, 2.75) is 90.2 Å². The van der Waals surface area contributed by atoms with Crippen molar-refractivity contribution in [2.75, 3.05) is 0 Å². The van der Waals surface area contributed by atoms with Gasteiger partial charge in [0.25, 0.3) is 0 Å². The van der Waals surface area contributed by atoms with E-state index in [1.165, 1.54) is 25.7 Å². The number of terminal acetylenes is 1. The molecule has 144 valence electrons. The smallest absolute Gasteiger partial charge is 0.217 e. The molecule has 0 unspecified atom stereocenters. The molecule has 0 heterocycles. The summed E-state index contributed by atoms with van der Waals surface area (Å²) in [5, 5.41) is 14.3. The van der Waals surface area contributed by atoms with E-state index in [1.807, 2.05) is 0 Å². The van der Waals surface area contributed by atoms with Crippen LogP contribution in [0.5, 0.6) is 0 Å². The maximum atomic E-state index is 11.5. The first-order valence-electron chi connectivity index (χ1n) is 10.7. The molecule has 3 nitrogen and oxygen atoms in total. The summed E-state index contributed by atoms with van der Waals surface area (Å²) in [4.78, 5) is 11.5. The van der Waals surface area contributed by atoms with Crippen LogP contribution < -0.4 is 5.32 Å². The fraction of sp³-hybridized carbons (Fsp3) is 0.870. The van der Waals surface area contributed by atoms with E-state index >= 15 is 0 Å². The van der Waals surface area contributed by atoms with Gasteiger partial charge in [-0.3, -0.25) is 4.79 Å². The van der Waals surface area contributed by atoms with Crippen molar-refractivity contribution < 1.29 is 9.90 Å². The van der Waals surface area contributed by atoms with Crippen LogP contribution in [0, 0.1) is 46.8 Å². The third-order valence-electron chi connectivity index (χ3n) is 9.46. The van der Waals surface area contributed by atoms with E-state index in [9.17, 15) is 9.90 Å². The van der Waals surface area contributed by atoms with Crippen LogP contribution in [-0.2, 0) is 4.79 Å². The fourth-order valence-electron chi connectivity index (χ4n) is 7.93. The van der Waals surface area contributed by atoms with Crippen molar-refractivity contribution in [1.82, 2.24) is 5.32 Å². The third-order valence-corrected chi connectivity index (χ3v) is 9.46. The minimum atomic E-state index is -0.899. The predicted octanol–water partition coefficient (Wildman–Crippen LogP) is 3.90. The van der Waals surface area contributed by atoms with Crippen LogP contribution >= 0.6 is 0 Å². The van der Waals surface area contributed by atoms with E-state index < -0.39 is 5.60 Å². The van der Waals surface area contributed by atoms with Gasteiger partial charge in [-0.2, -0.15) is 0 Å². The van der Waals surface area contributed by atoms with Gasteiger partial charge >= 0.3 is 0 Å². The first kappa shape index (κ1) is 18.4. The minimum Gasteiger partial charge on any atom is -0.377 e. The van der Waals surface area contributed by atoms with Crippen molar-refractivity contribution in [3.63, 3.8) is 0 Å². The highest BCUT2D eigenvalue weighted by atomic mass is 16.3. The van der Waals surface area contributed by atoms with Gasteiger partial charge in [0.05, 0.1) is 0 Å². The van der Waals surface area contributed by atoms with E-state index in [-0.39, 0.29) is 11.3 Å². The predicted molar refractivity (Wildman–Crippen MR) is 103 cm³/mol. The first-order valence-corrected chi connectivity index (χ1v) is 10.7. The summed E-state index contributed by atoms with van der Waals surface area (Å²) in [6.45, 7) is 6.44. The molecule has 4 saturated carbocycles. The van der Waals surface area contributed by atoms with Crippen LogP contribution in [0.4, 0.5) is 0 Å². The lowest BCUT2D eigenvalue weighted by Crippen LogP contribution is -2.57. The molecule has 4 aliphatic rings. The zero-order valence-corrected chi connectivity index (χ0v) is 16.7. The van der Waals surface area contributed by atoms with Crippen LogP contribution in [0.25, 0.3) is 0 Å². The Bertz CT molecular complexity index is 639. The molecule has 8 atom stereocenters. The lowest BCUT2D eigenvalue weighted by molar-refractivity contribution is -0.138. The molecule has 0 radical (unpaired) electrons.